The minimum Gasteiger partial charge on any atom is -0.326 e. The second kappa shape index (κ2) is 5.80. The van der Waals surface area contributed by atoms with Crippen molar-refractivity contribution in [1.29, 1.82) is 0 Å². The van der Waals surface area contributed by atoms with E-state index < -0.39 is 10.0 Å². The monoisotopic (exact) mass is 301 g/mol. The number of H-pyrrole nitrogens is 1. The Morgan fingerprint density at radius 3 is 2.80 bits per heavy atom. The van der Waals surface area contributed by atoms with Crippen LogP contribution in [0.25, 0.3) is 0 Å². The molecule has 0 aliphatic carbocycles. The molecule has 2 rings (SSSR count). The third kappa shape index (κ3) is 2.88. The molecule has 1 unspecified atom stereocenters. The molecule has 7 nitrogen and oxygen atoms in total. The zero-order chi connectivity index (χ0) is 14.9. The van der Waals surface area contributed by atoms with Gasteiger partial charge in [0.15, 0.2) is 5.03 Å². The number of hydrogen-bond acceptors (Lipinski definition) is 5. The lowest BCUT2D eigenvalue weighted by atomic mass is 10.1. The van der Waals surface area contributed by atoms with Gasteiger partial charge in [0.2, 0.25) is 0 Å². The summed E-state index contributed by atoms with van der Waals surface area (Å²) in [6, 6.07) is 0. The van der Waals surface area contributed by atoms with Gasteiger partial charge >= 0.3 is 0 Å². The molecule has 1 saturated heterocycles. The predicted octanol–water partition coefficient (Wildman–Crippen LogP) is -0.251. The number of rotatable bonds is 5. The van der Waals surface area contributed by atoms with Crippen LogP contribution in [0.5, 0.6) is 0 Å². The largest absolute Gasteiger partial charge is 0.326 e. The first-order valence-electron chi connectivity index (χ1n) is 6.75. The molecule has 0 aromatic carbocycles. The maximum absolute atomic E-state index is 12.6. The van der Waals surface area contributed by atoms with Crippen LogP contribution in [0.1, 0.15) is 17.7 Å². The van der Waals surface area contributed by atoms with E-state index in [9.17, 15) is 8.42 Å². The Labute approximate surface area is 120 Å². The van der Waals surface area contributed by atoms with Crippen LogP contribution in [0, 0.1) is 12.8 Å². The molecule has 114 valence electrons. The normalized spacial score (nSPS) is 20.9. The number of hydrogen-bond donors (Lipinski definition) is 2. The molecule has 1 aliphatic heterocycles. The smallest absolute Gasteiger partial charge is 0.262 e. The SMILES string of the molecule is Cc1[nH]nc(S(=O)(=O)N(C)CC2CCN(C)C2)c1CN. The molecule has 20 heavy (non-hydrogen) atoms. The summed E-state index contributed by atoms with van der Waals surface area (Å²) in [5.41, 5.74) is 6.90. The van der Waals surface area contributed by atoms with Gasteiger partial charge in [-0.1, -0.05) is 0 Å². The average Bonchev–Trinajstić information content (AvgIpc) is 2.95. The quantitative estimate of drug-likeness (QED) is 0.782. The average molecular weight is 301 g/mol. The van der Waals surface area contributed by atoms with Gasteiger partial charge in [0.25, 0.3) is 10.0 Å². The van der Waals surface area contributed by atoms with Crippen molar-refractivity contribution in [2.75, 3.05) is 33.7 Å². The van der Waals surface area contributed by atoms with Crippen molar-refractivity contribution < 1.29 is 8.42 Å². The van der Waals surface area contributed by atoms with Crippen molar-refractivity contribution in [3.8, 4) is 0 Å². The summed E-state index contributed by atoms with van der Waals surface area (Å²) in [5, 5.41) is 6.69. The summed E-state index contributed by atoms with van der Waals surface area (Å²) >= 11 is 0. The van der Waals surface area contributed by atoms with Gasteiger partial charge in [0, 0.05) is 37.9 Å². The van der Waals surface area contributed by atoms with Crippen molar-refractivity contribution in [2.24, 2.45) is 11.7 Å². The Balaban J connectivity index is 2.17. The molecule has 0 radical (unpaired) electrons. The summed E-state index contributed by atoms with van der Waals surface area (Å²) < 4.78 is 26.5. The van der Waals surface area contributed by atoms with Crippen molar-refractivity contribution in [3.63, 3.8) is 0 Å². The third-order valence-corrected chi connectivity index (χ3v) is 5.70. The van der Waals surface area contributed by atoms with Crippen LogP contribution in [-0.4, -0.2) is 61.5 Å². The standard InChI is InChI=1S/C12H23N5O2S/c1-9-11(6-13)12(15-14-9)20(18,19)17(3)8-10-4-5-16(2)7-10/h10H,4-8,13H2,1-3H3,(H,14,15). The van der Waals surface area contributed by atoms with E-state index in [1.54, 1.807) is 14.0 Å². The highest BCUT2D eigenvalue weighted by Gasteiger charge is 2.30. The zero-order valence-electron chi connectivity index (χ0n) is 12.3. The van der Waals surface area contributed by atoms with Crippen LogP contribution < -0.4 is 5.73 Å². The molecule has 2 heterocycles. The van der Waals surface area contributed by atoms with E-state index in [-0.39, 0.29) is 11.6 Å². The maximum Gasteiger partial charge on any atom is 0.262 e. The van der Waals surface area contributed by atoms with Crippen molar-refractivity contribution >= 4 is 10.0 Å². The number of sulfonamides is 1. The number of nitrogens with zero attached hydrogens (tertiary/aromatic N) is 3. The van der Waals surface area contributed by atoms with Gasteiger partial charge in [0.05, 0.1) is 0 Å². The molecular weight excluding hydrogens is 278 g/mol. The zero-order valence-corrected chi connectivity index (χ0v) is 13.1. The summed E-state index contributed by atoms with van der Waals surface area (Å²) in [5.74, 6) is 0.376. The Kier molecular flexibility index (Phi) is 4.48. The Morgan fingerprint density at radius 1 is 1.55 bits per heavy atom. The van der Waals surface area contributed by atoms with Gasteiger partial charge in [-0.05, 0) is 32.9 Å². The Morgan fingerprint density at radius 2 is 2.25 bits per heavy atom. The molecule has 1 aromatic heterocycles. The third-order valence-electron chi connectivity index (χ3n) is 3.90. The first-order valence-corrected chi connectivity index (χ1v) is 8.19. The van der Waals surface area contributed by atoms with Crippen molar-refractivity contribution in [2.45, 2.75) is 24.9 Å². The van der Waals surface area contributed by atoms with Crippen LogP contribution >= 0.6 is 0 Å². The van der Waals surface area contributed by atoms with Crippen molar-refractivity contribution in [1.82, 2.24) is 19.4 Å². The van der Waals surface area contributed by atoms with Crippen LogP contribution in [0.2, 0.25) is 0 Å². The number of aromatic amines is 1. The molecule has 0 saturated carbocycles. The molecule has 1 atom stereocenters. The van der Waals surface area contributed by atoms with E-state index in [2.05, 4.69) is 22.1 Å². The maximum atomic E-state index is 12.6. The van der Waals surface area contributed by atoms with E-state index in [4.69, 9.17) is 5.73 Å². The fourth-order valence-electron chi connectivity index (χ4n) is 2.67. The van der Waals surface area contributed by atoms with Crippen LogP contribution in [0.3, 0.4) is 0 Å². The fourth-order valence-corrected chi connectivity index (χ4v) is 4.08. The molecule has 3 N–H and O–H groups in total. The lowest BCUT2D eigenvalue weighted by Crippen LogP contribution is -2.33. The summed E-state index contributed by atoms with van der Waals surface area (Å²) in [6.07, 6.45) is 1.03. The lowest BCUT2D eigenvalue weighted by molar-refractivity contribution is 0.356. The number of nitrogens with one attached hydrogen (secondary N) is 1. The summed E-state index contributed by atoms with van der Waals surface area (Å²) in [7, 11) is 0.0894. The van der Waals surface area contributed by atoms with E-state index in [1.807, 2.05) is 0 Å². The van der Waals surface area contributed by atoms with Crippen LogP contribution in [0.15, 0.2) is 5.03 Å². The van der Waals surface area contributed by atoms with E-state index in [0.717, 1.165) is 19.5 Å². The molecule has 0 amide bonds. The van der Waals surface area contributed by atoms with Gasteiger partial charge in [0.1, 0.15) is 0 Å². The number of likely N-dealkylation sites (tertiary alicyclic amines) is 1. The first-order chi connectivity index (χ1) is 9.36. The minimum atomic E-state index is -3.57. The second-order valence-electron chi connectivity index (χ2n) is 5.54. The molecule has 1 aromatic rings. The molecule has 0 bridgehead atoms. The van der Waals surface area contributed by atoms with Gasteiger partial charge in [-0.15, -0.1) is 0 Å². The van der Waals surface area contributed by atoms with E-state index in [1.165, 1.54) is 4.31 Å². The molecule has 0 spiro atoms. The Hall–Kier alpha value is -0.960. The number of aromatic nitrogens is 2. The molecule has 8 heteroatoms. The summed E-state index contributed by atoms with van der Waals surface area (Å²) in [6.45, 7) is 4.41. The van der Waals surface area contributed by atoms with Crippen LogP contribution in [0.4, 0.5) is 0 Å². The molecule has 1 aliphatic rings. The molecular formula is C12H23N5O2S. The van der Waals surface area contributed by atoms with Gasteiger partial charge in [-0.2, -0.15) is 9.40 Å². The first kappa shape index (κ1) is 15.4. The van der Waals surface area contributed by atoms with Gasteiger partial charge in [-0.25, -0.2) is 8.42 Å². The van der Waals surface area contributed by atoms with Crippen LogP contribution in [-0.2, 0) is 16.6 Å². The fraction of sp³-hybridized carbons (Fsp3) is 0.750. The number of nitrogens with two attached hydrogens (primary N) is 1. The Bertz CT molecular complexity index is 568. The summed E-state index contributed by atoms with van der Waals surface area (Å²) in [4.78, 5) is 2.22. The highest BCUT2D eigenvalue weighted by atomic mass is 32.2. The highest BCUT2D eigenvalue weighted by molar-refractivity contribution is 7.89. The van der Waals surface area contributed by atoms with E-state index >= 15 is 0 Å². The van der Waals surface area contributed by atoms with E-state index in [0.29, 0.717) is 23.7 Å². The minimum absolute atomic E-state index is 0.0614. The lowest BCUT2D eigenvalue weighted by Gasteiger charge is -2.20. The molecule has 1 fully saturated rings. The predicted molar refractivity (Wildman–Crippen MR) is 76.6 cm³/mol. The number of aryl methyl sites for hydroxylation is 1. The highest BCUT2D eigenvalue weighted by Crippen LogP contribution is 2.22. The van der Waals surface area contributed by atoms with Gasteiger partial charge < -0.3 is 10.6 Å². The topological polar surface area (TPSA) is 95.3 Å². The van der Waals surface area contributed by atoms with Gasteiger partial charge in [-0.3, -0.25) is 5.10 Å². The second-order valence-corrected chi connectivity index (χ2v) is 7.50. The van der Waals surface area contributed by atoms with Crippen molar-refractivity contribution in [3.05, 3.63) is 11.3 Å².